The van der Waals surface area contributed by atoms with Gasteiger partial charge in [0.15, 0.2) is 0 Å². The van der Waals surface area contributed by atoms with Gasteiger partial charge in [-0.15, -0.1) is 0 Å². The predicted molar refractivity (Wildman–Crippen MR) is 112 cm³/mol. The molecule has 3 aromatic rings. The van der Waals surface area contributed by atoms with Crippen molar-refractivity contribution in [2.45, 2.75) is 20.8 Å². The van der Waals surface area contributed by atoms with Crippen LogP contribution in [0.3, 0.4) is 0 Å². The maximum atomic E-state index is 12.5. The molecule has 6 heteroatoms. The minimum Gasteiger partial charge on any atom is -0.322 e. The number of benzene rings is 2. The molecule has 3 rings (SSSR count). The van der Waals surface area contributed by atoms with Crippen LogP contribution in [0.5, 0.6) is 0 Å². The van der Waals surface area contributed by atoms with Crippen molar-refractivity contribution in [2.75, 3.05) is 10.6 Å². The number of amides is 2. The Morgan fingerprint density at radius 1 is 0.750 bits per heavy atom. The van der Waals surface area contributed by atoms with Crippen LogP contribution in [-0.2, 0) is 0 Å². The highest BCUT2D eigenvalue weighted by molar-refractivity contribution is 6.31. The van der Waals surface area contributed by atoms with Crippen molar-refractivity contribution in [2.24, 2.45) is 0 Å². The van der Waals surface area contributed by atoms with Crippen molar-refractivity contribution >= 4 is 34.8 Å². The van der Waals surface area contributed by atoms with Crippen molar-refractivity contribution in [3.63, 3.8) is 0 Å². The molecular weight excluding hydrogens is 374 g/mol. The van der Waals surface area contributed by atoms with Crippen LogP contribution in [0.15, 0.2) is 54.9 Å². The van der Waals surface area contributed by atoms with Gasteiger partial charge in [-0.05, 0) is 67.8 Å². The van der Waals surface area contributed by atoms with Crippen molar-refractivity contribution < 1.29 is 9.59 Å². The molecule has 0 bridgehead atoms. The van der Waals surface area contributed by atoms with E-state index in [2.05, 4.69) is 15.6 Å². The fourth-order valence-electron chi connectivity index (χ4n) is 2.58. The largest absolute Gasteiger partial charge is 0.322 e. The molecule has 0 saturated carbocycles. The van der Waals surface area contributed by atoms with Gasteiger partial charge < -0.3 is 10.6 Å². The molecule has 0 aliphatic rings. The van der Waals surface area contributed by atoms with Gasteiger partial charge in [0.1, 0.15) is 0 Å². The zero-order chi connectivity index (χ0) is 20.3. The lowest BCUT2D eigenvalue weighted by Crippen LogP contribution is -2.16. The van der Waals surface area contributed by atoms with Gasteiger partial charge in [0, 0.05) is 28.8 Å². The van der Waals surface area contributed by atoms with Gasteiger partial charge in [0.25, 0.3) is 11.8 Å². The third-order valence-electron chi connectivity index (χ3n) is 4.46. The van der Waals surface area contributed by atoms with Crippen LogP contribution in [-0.4, -0.2) is 16.8 Å². The number of halogens is 1. The average Bonchev–Trinajstić information content (AvgIpc) is 2.67. The maximum Gasteiger partial charge on any atom is 0.257 e. The zero-order valence-corrected chi connectivity index (χ0v) is 16.6. The number of pyridine rings is 1. The number of anilines is 2. The number of carbonyl (C=O) groups excluding carboxylic acids is 2. The molecule has 0 spiro atoms. The number of aryl methyl sites for hydroxylation is 3. The summed E-state index contributed by atoms with van der Waals surface area (Å²) < 4.78 is 0. The highest BCUT2D eigenvalue weighted by Crippen LogP contribution is 2.21. The molecule has 142 valence electrons. The number of rotatable bonds is 4. The number of carbonyl (C=O) groups is 2. The highest BCUT2D eigenvalue weighted by Gasteiger charge is 2.13. The van der Waals surface area contributed by atoms with Crippen molar-refractivity contribution in [3.8, 4) is 0 Å². The smallest absolute Gasteiger partial charge is 0.257 e. The SMILES string of the molecule is Cc1ccc(NC(=O)c2cncc(C(=O)Nc3ccc(C)c(Cl)c3)c2)cc1C. The fraction of sp³-hybridized carbons (Fsp3) is 0.136. The minimum atomic E-state index is -0.367. The monoisotopic (exact) mass is 393 g/mol. The van der Waals surface area contributed by atoms with E-state index in [9.17, 15) is 9.59 Å². The molecule has 0 unspecified atom stereocenters. The van der Waals surface area contributed by atoms with Gasteiger partial charge in [-0.25, -0.2) is 0 Å². The van der Waals surface area contributed by atoms with Crippen molar-refractivity contribution in [1.29, 1.82) is 0 Å². The Labute approximate surface area is 168 Å². The van der Waals surface area contributed by atoms with E-state index in [1.165, 1.54) is 18.5 Å². The maximum absolute atomic E-state index is 12.5. The first kappa shape index (κ1) is 19.6. The molecule has 1 aromatic heterocycles. The first-order valence-electron chi connectivity index (χ1n) is 8.74. The Balaban J connectivity index is 1.75. The van der Waals surface area contributed by atoms with E-state index < -0.39 is 0 Å². The van der Waals surface area contributed by atoms with Crippen molar-refractivity contribution in [3.05, 3.63) is 87.7 Å². The third kappa shape index (κ3) is 4.56. The molecule has 2 N–H and O–H groups in total. The quantitative estimate of drug-likeness (QED) is 0.642. The van der Waals surface area contributed by atoms with Gasteiger partial charge in [-0.3, -0.25) is 14.6 Å². The topological polar surface area (TPSA) is 71.1 Å². The predicted octanol–water partition coefficient (Wildman–Crippen LogP) is 5.16. The van der Waals surface area contributed by atoms with Gasteiger partial charge in [-0.2, -0.15) is 0 Å². The van der Waals surface area contributed by atoms with Crippen LogP contribution in [0.1, 0.15) is 37.4 Å². The van der Waals surface area contributed by atoms with E-state index in [4.69, 9.17) is 11.6 Å². The Morgan fingerprint density at radius 3 is 1.82 bits per heavy atom. The molecule has 0 atom stereocenters. The molecule has 0 saturated heterocycles. The number of hydrogen-bond acceptors (Lipinski definition) is 3. The molecule has 5 nitrogen and oxygen atoms in total. The normalized spacial score (nSPS) is 10.4. The van der Waals surface area contributed by atoms with E-state index in [1.54, 1.807) is 12.1 Å². The second kappa shape index (κ2) is 8.23. The van der Waals surface area contributed by atoms with Gasteiger partial charge >= 0.3 is 0 Å². The van der Waals surface area contributed by atoms with Gasteiger partial charge in [-0.1, -0.05) is 23.7 Å². The van der Waals surface area contributed by atoms with Crippen LogP contribution in [0.25, 0.3) is 0 Å². The molecule has 2 aromatic carbocycles. The molecule has 0 fully saturated rings. The van der Waals surface area contributed by atoms with E-state index in [1.807, 2.05) is 45.0 Å². The van der Waals surface area contributed by atoms with E-state index in [-0.39, 0.29) is 17.4 Å². The Kier molecular flexibility index (Phi) is 5.76. The second-order valence-corrected chi connectivity index (χ2v) is 7.04. The van der Waals surface area contributed by atoms with Crippen molar-refractivity contribution in [1.82, 2.24) is 4.98 Å². The molecule has 0 aliphatic carbocycles. The summed E-state index contributed by atoms with van der Waals surface area (Å²) in [7, 11) is 0. The standard InChI is InChI=1S/C22H20ClN3O2/c1-13-4-6-18(8-15(13)3)25-21(27)16-9-17(12-24-11-16)22(28)26-19-7-5-14(2)20(23)10-19/h4-12H,1-3H3,(H,25,27)(H,26,28). The lowest BCUT2D eigenvalue weighted by atomic mass is 10.1. The first-order valence-corrected chi connectivity index (χ1v) is 9.12. The fourth-order valence-corrected chi connectivity index (χ4v) is 2.77. The summed E-state index contributed by atoms with van der Waals surface area (Å²) in [6.45, 7) is 5.87. The Hall–Kier alpha value is -3.18. The highest BCUT2D eigenvalue weighted by atomic mass is 35.5. The Bertz CT molecular complexity index is 983. The lowest BCUT2D eigenvalue weighted by Gasteiger charge is -2.09. The number of hydrogen-bond donors (Lipinski definition) is 2. The summed E-state index contributed by atoms with van der Waals surface area (Å²) in [6.07, 6.45) is 2.84. The first-order chi connectivity index (χ1) is 13.3. The van der Waals surface area contributed by atoms with Gasteiger partial charge in [0.05, 0.1) is 11.1 Å². The average molecular weight is 394 g/mol. The molecule has 28 heavy (non-hydrogen) atoms. The number of nitrogens with one attached hydrogen (secondary N) is 2. The van der Waals surface area contributed by atoms with Crippen LogP contribution in [0.4, 0.5) is 11.4 Å². The molecule has 1 heterocycles. The lowest BCUT2D eigenvalue weighted by molar-refractivity contribution is 0.102. The minimum absolute atomic E-state index is 0.282. The molecular formula is C22H20ClN3O2. The van der Waals surface area contributed by atoms with E-state index >= 15 is 0 Å². The van der Waals surface area contributed by atoms with E-state index in [0.717, 1.165) is 16.7 Å². The van der Waals surface area contributed by atoms with Crippen LogP contribution in [0, 0.1) is 20.8 Å². The van der Waals surface area contributed by atoms with E-state index in [0.29, 0.717) is 22.0 Å². The number of nitrogens with zero attached hydrogens (tertiary/aromatic N) is 1. The summed E-state index contributed by atoms with van der Waals surface area (Å²) >= 11 is 6.09. The van der Waals surface area contributed by atoms with Crippen LogP contribution in [0.2, 0.25) is 5.02 Å². The summed E-state index contributed by atoms with van der Waals surface area (Å²) in [4.78, 5) is 29.1. The second-order valence-electron chi connectivity index (χ2n) is 6.63. The number of aromatic nitrogens is 1. The van der Waals surface area contributed by atoms with Gasteiger partial charge in [0.2, 0.25) is 0 Å². The van der Waals surface area contributed by atoms with Crippen LogP contribution < -0.4 is 10.6 Å². The molecule has 0 radical (unpaired) electrons. The molecule has 0 aliphatic heterocycles. The molecule has 2 amide bonds. The summed E-state index contributed by atoms with van der Waals surface area (Å²) in [5.41, 5.74) is 5.00. The summed E-state index contributed by atoms with van der Waals surface area (Å²) in [5.74, 6) is -0.697. The van der Waals surface area contributed by atoms with Crippen LogP contribution >= 0.6 is 11.6 Å². The zero-order valence-electron chi connectivity index (χ0n) is 15.8. The summed E-state index contributed by atoms with van der Waals surface area (Å²) in [5, 5.41) is 6.16. The third-order valence-corrected chi connectivity index (χ3v) is 4.86. The summed E-state index contributed by atoms with van der Waals surface area (Å²) in [6, 6.07) is 12.5. The Morgan fingerprint density at radius 2 is 1.29 bits per heavy atom.